The van der Waals surface area contributed by atoms with Gasteiger partial charge in [-0.1, -0.05) is 28.1 Å². The van der Waals surface area contributed by atoms with Crippen LogP contribution in [0.5, 0.6) is 0 Å². The summed E-state index contributed by atoms with van der Waals surface area (Å²) in [6.07, 6.45) is 6.35. The lowest BCUT2D eigenvalue weighted by Crippen LogP contribution is -2.11. The van der Waals surface area contributed by atoms with E-state index in [2.05, 4.69) is 47.8 Å². The molecule has 0 nitrogen and oxygen atoms in total. The van der Waals surface area contributed by atoms with E-state index in [1.807, 2.05) is 12.1 Å². The van der Waals surface area contributed by atoms with Crippen LogP contribution in [0, 0.1) is 17.8 Å². The highest BCUT2D eigenvalue weighted by Gasteiger charge is 2.14. The lowest BCUT2D eigenvalue weighted by atomic mass is 9.87. The van der Waals surface area contributed by atoms with Crippen molar-refractivity contribution in [1.82, 2.24) is 0 Å². The fourth-order valence-corrected chi connectivity index (χ4v) is 1.43. The van der Waals surface area contributed by atoms with Gasteiger partial charge in [0.15, 0.2) is 0 Å². The minimum atomic E-state index is -0.0478. The van der Waals surface area contributed by atoms with Crippen LogP contribution in [0.3, 0.4) is 0 Å². The van der Waals surface area contributed by atoms with Crippen molar-refractivity contribution in [3.05, 3.63) is 34.3 Å². The molecule has 0 fully saturated rings. The van der Waals surface area contributed by atoms with Crippen LogP contribution < -0.4 is 0 Å². The van der Waals surface area contributed by atoms with E-state index in [0.717, 1.165) is 10.9 Å². The third-order valence-corrected chi connectivity index (χ3v) is 2.48. The number of halogens is 1. The zero-order valence-electron chi connectivity index (χ0n) is 7.97. The number of hydrogen-bond acceptors (Lipinski definition) is 0. The summed E-state index contributed by atoms with van der Waals surface area (Å²) in [5.41, 5.74) is 1.24. The van der Waals surface area contributed by atoms with Crippen LogP contribution in [-0.4, -0.2) is 0 Å². The Morgan fingerprint density at radius 1 is 1.31 bits per heavy atom. The van der Waals surface area contributed by atoms with Gasteiger partial charge in [-0.05, 0) is 38.0 Å². The molecule has 0 bridgehead atoms. The van der Waals surface area contributed by atoms with Gasteiger partial charge in [-0.2, -0.15) is 0 Å². The van der Waals surface area contributed by atoms with Gasteiger partial charge in [0.25, 0.3) is 0 Å². The van der Waals surface area contributed by atoms with Gasteiger partial charge in [-0.15, -0.1) is 12.3 Å². The highest BCUT2D eigenvalue weighted by atomic mass is 79.9. The summed E-state index contributed by atoms with van der Waals surface area (Å²) in [6, 6.07) is 8.29. The Hall–Kier alpha value is -0.740. The lowest BCUT2D eigenvalue weighted by Gasteiger charge is -2.16. The maximum absolute atomic E-state index is 5.42. The van der Waals surface area contributed by atoms with Crippen LogP contribution in [0.2, 0.25) is 0 Å². The molecular weight excluding hydrogens is 224 g/mol. The Labute approximate surface area is 88.5 Å². The molecule has 0 aromatic heterocycles. The molecule has 68 valence electrons. The van der Waals surface area contributed by atoms with E-state index >= 15 is 0 Å². The predicted octanol–water partition coefficient (Wildman–Crippen LogP) is 3.65. The molecule has 13 heavy (non-hydrogen) atoms. The highest BCUT2D eigenvalue weighted by Crippen LogP contribution is 2.21. The summed E-state index contributed by atoms with van der Waals surface area (Å²) in [5, 5.41) is 0. The quantitative estimate of drug-likeness (QED) is 0.688. The lowest BCUT2D eigenvalue weighted by molar-refractivity contribution is 0.501. The maximum atomic E-state index is 5.42. The summed E-state index contributed by atoms with van der Waals surface area (Å²) in [5.74, 6) is 2.79. The Balaban J connectivity index is 2.77. The van der Waals surface area contributed by atoms with Crippen LogP contribution in [0.25, 0.3) is 0 Å². The average Bonchev–Trinajstić information content (AvgIpc) is 2.09. The fraction of sp³-hybridized carbons (Fsp3) is 0.333. The molecule has 0 radical (unpaired) electrons. The molecule has 0 unspecified atom stereocenters. The minimum Gasteiger partial charge on any atom is -0.120 e. The molecule has 0 amide bonds. The van der Waals surface area contributed by atoms with E-state index in [-0.39, 0.29) is 5.41 Å². The summed E-state index contributed by atoms with van der Waals surface area (Å²) < 4.78 is 1.11. The first-order valence-corrected chi connectivity index (χ1v) is 5.05. The molecule has 0 heterocycles. The molecule has 0 N–H and O–H groups in total. The van der Waals surface area contributed by atoms with E-state index in [9.17, 15) is 0 Å². The first-order valence-electron chi connectivity index (χ1n) is 4.26. The van der Waals surface area contributed by atoms with Crippen molar-refractivity contribution in [2.24, 2.45) is 5.41 Å². The summed E-state index contributed by atoms with van der Waals surface area (Å²) in [6.45, 7) is 4.16. The van der Waals surface area contributed by atoms with Crippen molar-refractivity contribution in [3.8, 4) is 12.3 Å². The molecule has 1 heteroatoms. The Kier molecular flexibility index (Phi) is 3.17. The molecule has 0 saturated carbocycles. The Morgan fingerprint density at radius 3 is 2.31 bits per heavy atom. The van der Waals surface area contributed by atoms with Gasteiger partial charge in [-0.3, -0.25) is 0 Å². The van der Waals surface area contributed by atoms with Crippen LogP contribution in [0.4, 0.5) is 0 Å². The summed E-state index contributed by atoms with van der Waals surface area (Å²) >= 11 is 3.40. The average molecular weight is 237 g/mol. The second-order valence-corrected chi connectivity index (χ2v) is 4.75. The molecular formula is C12H13Br. The van der Waals surface area contributed by atoms with Crippen LogP contribution >= 0.6 is 15.9 Å². The topological polar surface area (TPSA) is 0 Å². The molecule has 1 aromatic rings. The van der Waals surface area contributed by atoms with Gasteiger partial charge in [-0.25, -0.2) is 0 Å². The minimum absolute atomic E-state index is 0.0478. The molecule has 0 saturated heterocycles. The van der Waals surface area contributed by atoms with Crippen molar-refractivity contribution >= 4 is 15.9 Å². The third-order valence-electron chi connectivity index (χ3n) is 1.95. The van der Waals surface area contributed by atoms with Gasteiger partial charge in [0.2, 0.25) is 0 Å². The summed E-state index contributed by atoms with van der Waals surface area (Å²) in [7, 11) is 0. The molecule has 0 aliphatic carbocycles. The van der Waals surface area contributed by atoms with Crippen molar-refractivity contribution in [2.45, 2.75) is 20.3 Å². The normalized spacial score (nSPS) is 10.9. The number of terminal acetylenes is 1. The van der Waals surface area contributed by atoms with Crippen LogP contribution in [0.15, 0.2) is 28.7 Å². The zero-order valence-corrected chi connectivity index (χ0v) is 9.56. The fourth-order valence-electron chi connectivity index (χ4n) is 1.16. The van der Waals surface area contributed by atoms with Crippen molar-refractivity contribution in [1.29, 1.82) is 0 Å². The largest absolute Gasteiger partial charge is 0.120 e. The first-order chi connectivity index (χ1) is 6.03. The van der Waals surface area contributed by atoms with Crippen LogP contribution in [-0.2, 0) is 6.42 Å². The van der Waals surface area contributed by atoms with Gasteiger partial charge in [0, 0.05) is 9.89 Å². The third kappa shape index (κ3) is 3.24. The number of hydrogen-bond donors (Lipinski definition) is 0. The van der Waals surface area contributed by atoms with Crippen molar-refractivity contribution in [2.75, 3.05) is 0 Å². The van der Waals surface area contributed by atoms with Gasteiger partial charge in [0.1, 0.15) is 0 Å². The first kappa shape index (κ1) is 10.3. The second-order valence-electron chi connectivity index (χ2n) is 3.83. The Morgan fingerprint density at radius 2 is 1.85 bits per heavy atom. The molecule has 0 aliphatic rings. The van der Waals surface area contributed by atoms with E-state index in [4.69, 9.17) is 6.42 Å². The van der Waals surface area contributed by atoms with Crippen molar-refractivity contribution in [3.63, 3.8) is 0 Å². The second kappa shape index (κ2) is 3.98. The molecule has 0 spiro atoms. The smallest absolute Gasteiger partial charge is 0.0296 e. The SMILES string of the molecule is C#CC(C)(C)Cc1ccc(Br)cc1. The molecule has 1 aromatic carbocycles. The monoisotopic (exact) mass is 236 g/mol. The molecule has 0 aliphatic heterocycles. The van der Waals surface area contributed by atoms with Gasteiger partial charge >= 0.3 is 0 Å². The van der Waals surface area contributed by atoms with E-state index in [1.165, 1.54) is 5.56 Å². The summed E-state index contributed by atoms with van der Waals surface area (Å²) in [4.78, 5) is 0. The predicted molar refractivity (Wildman–Crippen MR) is 60.5 cm³/mol. The molecule has 0 atom stereocenters. The number of benzene rings is 1. The number of rotatable bonds is 2. The van der Waals surface area contributed by atoms with Crippen LogP contribution in [0.1, 0.15) is 19.4 Å². The van der Waals surface area contributed by atoms with Gasteiger partial charge < -0.3 is 0 Å². The highest BCUT2D eigenvalue weighted by molar-refractivity contribution is 9.10. The molecule has 1 rings (SSSR count). The maximum Gasteiger partial charge on any atom is 0.0296 e. The zero-order chi connectivity index (χ0) is 9.90. The van der Waals surface area contributed by atoms with Gasteiger partial charge in [0.05, 0.1) is 0 Å². The van der Waals surface area contributed by atoms with Crippen molar-refractivity contribution < 1.29 is 0 Å². The standard InChI is InChI=1S/C12H13Br/c1-4-12(2,3)9-10-5-7-11(13)8-6-10/h1,5-8H,9H2,2-3H3. The van der Waals surface area contributed by atoms with E-state index in [1.54, 1.807) is 0 Å². The van der Waals surface area contributed by atoms with E-state index < -0.39 is 0 Å². The van der Waals surface area contributed by atoms with E-state index in [0.29, 0.717) is 0 Å². The Bertz CT molecular complexity index is 314.